The highest BCUT2D eigenvalue weighted by Crippen LogP contribution is 2.19. The first-order valence-corrected chi connectivity index (χ1v) is 6.76. The van der Waals surface area contributed by atoms with Crippen LogP contribution in [0.2, 0.25) is 0 Å². The van der Waals surface area contributed by atoms with Gasteiger partial charge >= 0.3 is 0 Å². The summed E-state index contributed by atoms with van der Waals surface area (Å²) in [7, 11) is 0. The van der Waals surface area contributed by atoms with Crippen LogP contribution in [0.4, 0.5) is 4.39 Å². The minimum Gasteiger partial charge on any atom is -0.379 e. The predicted molar refractivity (Wildman–Crippen MR) is 73.3 cm³/mol. The van der Waals surface area contributed by atoms with Gasteiger partial charge in [0.2, 0.25) is 0 Å². The Kier molecular flexibility index (Phi) is 6.91. The zero-order chi connectivity index (χ0) is 13.4. The third kappa shape index (κ3) is 4.75. The lowest BCUT2D eigenvalue weighted by molar-refractivity contribution is 0.111. The van der Waals surface area contributed by atoms with Gasteiger partial charge in [-0.25, -0.2) is 4.39 Å². The molecule has 18 heavy (non-hydrogen) atoms. The number of halogens is 1. The molecule has 2 nitrogen and oxygen atoms in total. The van der Waals surface area contributed by atoms with E-state index in [0.717, 1.165) is 31.6 Å². The highest BCUT2D eigenvalue weighted by Gasteiger charge is 2.15. The van der Waals surface area contributed by atoms with Crippen molar-refractivity contribution in [2.45, 2.75) is 39.7 Å². The fraction of sp³-hybridized carbons (Fsp3) is 0.600. The first-order valence-electron chi connectivity index (χ1n) is 6.76. The quantitative estimate of drug-likeness (QED) is 0.715. The topological polar surface area (TPSA) is 21.3 Å². The summed E-state index contributed by atoms with van der Waals surface area (Å²) < 4.78 is 19.5. The molecule has 1 rings (SSSR count). The van der Waals surface area contributed by atoms with Crippen LogP contribution in [0.15, 0.2) is 18.2 Å². The van der Waals surface area contributed by atoms with Crippen LogP contribution in [0.3, 0.4) is 0 Å². The van der Waals surface area contributed by atoms with Crippen molar-refractivity contribution in [2.75, 3.05) is 19.8 Å². The van der Waals surface area contributed by atoms with E-state index in [9.17, 15) is 4.39 Å². The van der Waals surface area contributed by atoms with Crippen LogP contribution in [0, 0.1) is 12.7 Å². The van der Waals surface area contributed by atoms with Gasteiger partial charge in [-0.1, -0.05) is 26.0 Å². The molecule has 0 radical (unpaired) electrons. The predicted octanol–water partition coefficient (Wildman–Crippen LogP) is 3.60. The van der Waals surface area contributed by atoms with Crippen LogP contribution in [0.25, 0.3) is 0 Å². The lowest BCUT2D eigenvalue weighted by Crippen LogP contribution is -2.27. The average Bonchev–Trinajstić information content (AvgIpc) is 2.34. The van der Waals surface area contributed by atoms with Crippen LogP contribution in [-0.4, -0.2) is 19.8 Å². The Morgan fingerprint density at radius 1 is 1.28 bits per heavy atom. The molecule has 0 saturated carbocycles. The fourth-order valence-electron chi connectivity index (χ4n) is 1.84. The molecule has 0 aliphatic heterocycles. The molecular weight excluding hydrogens is 229 g/mol. The molecule has 102 valence electrons. The first-order chi connectivity index (χ1) is 8.69. The largest absolute Gasteiger partial charge is 0.379 e. The molecule has 0 fully saturated rings. The van der Waals surface area contributed by atoms with E-state index < -0.39 is 0 Å². The third-order valence-electron chi connectivity index (χ3n) is 2.81. The molecule has 3 heteroatoms. The van der Waals surface area contributed by atoms with Crippen molar-refractivity contribution in [3.63, 3.8) is 0 Å². The van der Waals surface area contributed by atoms with Gasteiger partial charge in [0.15, 0.2) is 0 Å². The van der Waals surface area contributed by atoms with Crippen molar-refractivity contribution in [2.24, 2.45) is 0 Å². The van der Waals surface area contributed by atoms with Crippen molar-refractivity contribution in [3.05, 3.63) is 35.1 Å². The summed E-state index contributed by atoms with van der Waals surface area (Å²) in [5.41, 5.74) is 1.64. The molecule has 0 aromatic heterocycles. The molecule has 1 atom stereocenters. The van der Waals surface area contributed by atoms with Crippen molar-refractivity contribution >= 4 is 0 Å². The highest BCUT2D eigenvalue weighted by atomic mass is 19.1. The molecule has 1 aromatic rings. The van der Waals surface area contributed by atoms with E-state index in [2.05, 4.69) is 19.2 Å². The summed E-state index contributed by atoms with van der Waals surface area (Å²) in [6.45, 7) is 8.18. The van der Waals surface area contributed by atoms with E-state index in [0.29, 0.717) is 12.2 Å². The van der Waals surface area contributed by atoms with Gasteiger partial charge in [-0.2, -0.15) is 0 Å². The molecule has 1 N–H and O–H groups in total. The third-order valence-corrected chi connectivity index (χ3v) is 2.81. The van der Waals surface area contributed by atoms with E-state index in [1.807, 2.05) is 19.1 Å². The number of nitrogens with one attached hydrogen (secondary N) is 1. The molecule has 0 amide bonds. The summed E-state index contributed by atoms with van der Waals surface area (Å²) in [5, 5.41) is 3.34. The van der Waals surface area contributed by atoms with Crippen LogP contribution in [-0.2, 0) is 4.74 Å². The lowest BCUT2D eigenvalue weighted by Gasteiger charge is -2.20. The summed E-state index contributed by atoms with van der Waals surface area (Å²) in [6.07, 6.45) is 2.01. The minimum atomic E-state index is -0.149. The second-order valence-corrected chi connectivity index (χ2v) is 4.61. The Morgan fingerprint density at radius 3 is 2.67 bits per heavy atom. The smallest absolute Gasteiger partial charge is 0.128 e. The Labute approximate surface area is 110 Å². The molecule has 0 aliphatic rings. The molecule has 1 unspecified atom stereocenters. The molecule has 0 heterocycles. The molecule has 1 aromatic carbocycles. The molecule has 0 aliphatic carbocycles. The number of rotatable bonds is 8. The molecular formula is C15H24FNO. The van der Waals surface area contributed by atoms with Crippen LogP contribution in [0.1, 0.15) is 43.9 Å². The van der Waals surface area contributed by atoms with E-state index in [1.165, 1.54) is 0 Å². The SMILES string of the molecule is CCCNC(COCCC)c1ccc(C)cc1F. The Hall–Kier alpha value is -0.930. The Morgan fingerprint density at radius 2 is 2.06 bits per heavy atom. The van der Waals surface area contributed by atoms with E-state index in [-0.39, 0.29) is 11.9 Å². The van der Waals surface area contributed by atoms with E-state index in [4.69, 9.17) is 4.74 Å². The molecule has 0 bridgehead atoms. The molecule has 0 saturated heterocycles. The van der Waals surface area contributed by atoms with Gasteiger partial charge in [0, 0.05) is 12.2 Å². The van der Waals surface area contributed by atoms with Gasteiger partial charge in [0.05, 0.1) is 12.6 Å². The number of aryl methyl sites for hydroxylation is 1. The summed E-state index contributed by atoms with van der Waals surface area (Å²) in [5.74, 6) is -0.149. The zero-order valence-corrected chi connectivity index (χ0v) is 11.6. The van der Waals surface area contributed by atoms with Gasteiger partial charge < -0.3 is 10.1 Å². The van der Waals surface area contributed by atoms with Gasteiger partial charge in [0.1, 0.15) is 5.82 Å². The second-order valence-electron chi connectivity index (χ2n) is 4.61. The van der Waals surface area contributed by atoms with E-state index in [1.54, 1.807) is 6.07 Å². The maximum atomic E-state index is 13.9. The van der Waals surface area contributed by atoms with Crippen LogP contribution < -0.4 is 5.32 Å². The maximum absolute atomic E-state index is 13.9. The van der Waals surface area contributed by atoms with Crippen LogP contribution in [0.5, 0.6) is 0 Å². The minimum absolute atomic E-state index is 0.0582. The number of benzene rings is 1. The van der Waals surface area contributed by atoms with E-state index >= 15 is 0 Å². The van der Waals surface area contributed by atoms with Gasteiger partial charge in [-0.3, -0.25) is 0 Å². The first kappa shape index (κ1) is 15.1. The molecule has 0 spiro atoms. The Bertz CT molecular complexity index is 354. The highest BCUT2D eigenvalue weighted by molar-refractivity contribution is 5.26. The summed E-state index contributed by atoms with van der Waals surface area (Å²) in [6, 6.07) is 5.32. The van der Waals surface area contributed by atoms with Gasteiger partial charge in [-0.05, 0) is 37.9 Å². The van der Waals surface area contributed by atoms with Crippen LogP contribution >= 0.6 is 0 Å². The lowest BCUT2D eigenvalue weighted by atomic mass is 10.0. The zero-order valence-electron chi connectivity index (χ0n) is 11.6. The summed E-state index contributed by atoms with van der Waals surface area (Å²) in [4.78, 5) is 0. The number of ether oxygens (including phenoxy) is 1. The standard InChI is InChI=1S/C15H24FNO/c1-4-8-17-15(11-18-9-5-2)13-7-6-12(3)10-14(13)16/h6-7,10,15,17H,4-5,8-9,11H2,1-3H3. The fourth-order valence-corrected chi connectivity index (χ4v) is 1.84. The van der Waals surface area contributed by atoms with Gasteiger partial charge in [-0.15, -0.1) is 0 Å². The Balaban J connectivity index is 2.73. The van der Waals surface area contributed by atoms with Gasteiger partial charge in [0.25, 0.3) is 0 Å². The van der Waals surface area contributed by atoms with Crippen molar-refractivity contribution in [1.82, 2.24) is 5.32 Å². The monoisotopic (exact) mass is 253 g/mol. The second kappa shape index (κ2) is 8.22. The van der Waals surface area contributed by atoms with Crippen molar-refractivity contribution < 1.29 is 9.13 Å². The maximum Gasteiger partial charge on any atom is 0.128 e. The normalized spacial score (nSPS) is 12.7. The average molecular weight is 253 g/mol. The number of hydrogen-bond acceptors (Lipinski definition) is 2. The van der Waals surface area contributed by atoms with Crippen molar-refractivity contribution in [1.29, 1.82) is 0 Å². The summed E-state index contributed by atoms with van der Waals surface area (Å²) >= 11 is 0. The van der Waals surface area contributed by atoms with Crippen molar-refractivity contribution in [3.8, 4) is 0 Å². The number of hydrogen-bond donors (Lipinski definition) is 1.